The van der Waals surface area contributed by atoms with Crippen LogP contribution in [0.2, 0.25) is 5.02 Å². The predicted molar refractivity (Wildman–Crippen MR) is 91.1 cm³/mol. The molecular weight excluding hydrogens is 352 g/mol. The van der Waals surface area contributed by atoms with Crippen molar-refractivity contribution < 1.29 is 17.4 Å². The highest BCUT2D eigenvalue weighted by molar-refractivity contribution is 7.87. The van der Waals surface area contributed by atoms with Gasteiger partial charge in [-0.05, 0) is 48.5 Å². The number of anilines is 1. The highest BCUT2D eigenvalue weighted by atomic mass is 35.5. The average molecular weight is 367 g/mol. The Morgan fingerprint density at radius 2 is 1.62 bits per heavy atom. The minimum Gasteiger partial charge on any atom is -0.379 e. The number of carbonyl (C=O) groups is 1. The molecule has 0 bridgehead atoms. The maximum atomic E-state index is 12.3. The van der Waals surface area contributed by atoms with Crippen LogP contribution < -0.4 is 9.08 Å². The normalized spacial score (nSPS) is 15.0. The lowest BCUT2D eigenvalue weighted by molar-refractivity contribution is 0.229. The third kappa shape index (κ3) is 3.32. The summed E-state index contributed by atoms with van der Waals surface area (Å²) in [6.45, 7) is 1.21. The summed E-state index contributed by atoms with van der Waals surface area (Å²) in [6, 6.07) is 12.0. The summed E-state index contributed by atoms with van der Waals surface area (Å²) in [4.78, 5) is 15.2. The van der Waals surface area contributed by atoms with E-state index in [2.05, 4.69) is 0 Å². The molecule has 126 valence electrons. The Hall–Kier alpha value is -2.25. The van der Waals surface area contributed by atoms with Gasteiger partial charge >= 0.3 is 16.1 Å². The first-order valence-electron chi connectivity index (χ1n) is 7.19. The van der Waals surface area contributed by atoms with Gasteiger partial charge in [0, 0.05) is 30.8 Å². The monoisotopic (exact) mass is 366 g/mol. The van der Waals surface area contributed by atoms with Crippen LogP contribution in [0, 0.1) is 0 Å². The molecule has 1 fully saturated rings. The second-order valence-electron chi connectivity index (χ2n) is 5.34. The first-order chi connectivity index (χ1) is 11.4. The van der Waals surface area contributed by atoms with E-state index in [-0.39, 0.29) is 16.7 Å². The van der Waals surface area contributed by atoms with Crippen LogP contribution in [0.1, 0.15) is 0 Å². The van der Waals surface area contributed by atoms with Crippen molar-refractivity contribution in [2.75, 3.05) is 25.0 Å². The molecule has 1 aliphatic rings. The minimum atomic E-state index is -3.95. The number of rotatable bonds is 4. The molecule has 0 aliphatic carbocycles. The molecule has 8 heteroatoms. The van der Waals surface area contributed by atoms with Crippen LogP contribution >= 0.6 is 11.6 Å². The summed E-state index contributed by atoms with van der Waals surface area (Å²) in [6.07, 6.45) is 0. The van der Waals surface area contributed by atoms with Crippen molar-refractivity contribution in [2.45, 2.75) is 4.90 Å². The fraction of sp³-hybridized carbons (Fsp3) is 0.188. The Balaban J connectivity index is 1.79. The highest BCUT2D eigenvalue weighted by Crippen LogP contribution is 2.24. The molecule has 0 spiro atoms. The minimum absolute atomic E-state index is 0.0150. The standard InChI is InChI=1S/C16H15ClN2O4S/c1-18-10-11-19(16(18)20)13-4-8-15(9-5-13)24(21,22)23-14-6-2-12(17)3-7-14/h2-9H,10-11H2,1H3. The number of nitrogens with zero attached hydrogens (tertiary/aromatic N) is 2. The lowest BCUT2D eigenvalue weighted by Crippen LogP contribution is -2.29. The number of benzene rings is 2. The van der Waals surface area contributed by atoms with Gasteiger partial charge in [0.15, 0.2) is 0 Å². The fourth-order valence-electron chi connectivity index (χ4n) is 2.34. The molecule has 1 saturated heterocycles. The number of hydrogen-bond donors (Lipinski definition) is 0. The summed E-state index contributed by atoms with van der Waals surface area (Å²) >= 11 is 5.76. The van der Waals surface area contributed by atoms with Gasteiger partial charge in [-0.15, -0.1) is 0 Å². The molecule has 3 rings (SSSR count). The van der Waals surface area contributed by atoms with Gasteiger partial charge in [-0.2, -0.15) is 8.42 Å². The molecule has 24 heavy (non-hydrogen) atoms. The largest absolute Gasteiger partial charge is 0.379 e. The molecule has 2 amide bonds. The molecule has 0 atom stereocenters. The molecule has 0 aromatic heterocycles. The lowest BCUT2D eigenvalue weighted by Gasteiger charge is -2.16. The fourth-order valence-corrected chi connectivity index (χ4v) is 3.40. The van der Waals surface area contributed by atoms with Crippen LogP contribution in [0.25, 0.3) is 0 Å². The summed E-state index contributed by atoms with van der Waals surface area (Å²) in [5.41, 5.74) is 0.648. The number of urea groups is 1. The Morgan fingerprint density at radius 3 is 2.17 bits per heavy atom. The van der Waals surface area contributed by atoms with Crippen molar-refractivity contribution in [3.8, 4) is 5.75 Å². The van der Waals surface area contributed by atoms with Crippen LogP contribution in [0.4, 0.5) is 10.5 Å². The van der Waals surface area contributed by atoms with E-state index < -0.39 is 10.1 Å². The van der Waals surface area contributed by atoms with E-state index in [0.29, 0.717) is 23.8 Å². The molecule has 1 heterocycles. The van der Waals surface area contributed by atoms with Gasteiger partial charge < -0.3 is 9.08 Å². The molecule has 2 aromatic carbocycles. The average Bonchev–Trinajstić information content (AvgIpc) is 2.89. The second kappa shape index (κ2) is 6.33. The number of amides is 2. The van der Waals surface area contributed by atoms with Gasteiger partial charge in [0.1, 0.15) is 10.6 Å². The van der Waals surface area contributed by atoms with E-state index in [9.17, 15) is 13.2 Å². The van der Waals surface area contributed by atoms with Gasteiger partial charge in [0.2, 0.25) is 0 Å². The quantitative estimate of drug-likeness (QED) is 0.780. The van der Waals surface area contributed by atoms with Crippen molar-refractivity contribution in [3.63, 3.8) is 0 Å². The third-order valence-corrected chi connectivity index (χ3v) is 5.19. The molecule has 0 unspecified atom stereocenters. The van der Waals surface area contributed by atoms with E-state index >= 15 is 0 Å². The number of halogens is 1. The summed E-state index contributed by atoms with van der Waals surface area (Å²) in [5, 5.41) is 0.490. The molecule has 0 saturated carbocycles. The maximum absolute atomic E-state index is 12.3. The Morgan fingerprint density at radius 1 is 1.00 bits per heavy atom. The Labute approximate surface area is 145 Å². The predicted octanol–water partition coefficient (Wildman–Crippen LogP) is 2.98. The van der Waals surface area contributed by atoms with Crippen molar-refractivity contribution in [2.24, 2.45) is 0 Å². The van der Waals surface area contributed by atoms with Crippen molar-refractivity contribution in [3.05, 3.63) is 53.6 Å². The zero-order chi connectivity index (χ0) is 17.3. The topological polar surface area (TPSA) is 66.9 Å². The zero-order valence-electron chi connectivity index (χ0n) is 12.8. The number of hydrogen-bond acceptors (Lipinski definition) is 4. The van der Waals surface area contributed by atoms with Gasteiger partial charge in [-0.3, -0.25) is 4.90 Å². The summed E-state index contributed by atoms with van der Waals surface area (Å²) in [5.74, 6) is 0.180. The van der Waals surface area contributed by atoms with Gasteiger partial charge in [0.05, 0.1) is 0 Å². The van der Waals surface area contributed by atoms with E-state index in [1.54, 1.807) is 41.1 Å². The summed E-state index contributed by atoms with van der Waals surface area (Å²) in [7, 11) is -2.22. The van der Waals surface area contributed by atoms with E-state index in [1.807, 2.05) is 0 Å². The van der Waals surface area contributed by atoms with Crippen LogP contribution in [-0.2, 0) is 10.1 Å². The molecule has 6 nitrogen and oxygen atoms in total. The molecule has 0 N–H and O–H groups in total. The van der Waals surface area contributed by atoms with Crippen molar-refractivity contribution in [1.29, 1.82) is 0 Å². The summed E-state index contributed by atoms with van der Waals surface area (Å²) < 4.78 is 29.7. The number of carbonyl (C=O) groups excluding carboxylic acids is 1. The molecule has 2 aromatic rings. The van der Waals surface area contributed by atoms with Crippen LogP contribution in [0.3, 0.4) is 0 Å². The smallest absolute Gasteiger partial charge is 0.339 e. The SMILES string of the molecule is CN1CCN(c2ccc(S(=O)(=O)Oc3ccc(Cl)cc3)cc2)C1=O. The first-order valence-corrected chi connectivity index (χ1v) is 8.98. The van der Waals surface area contributed by atoms with Gasteiger partial charge in [0.25, 0.3) is 0 Å². The van der Waals surface area contributed by atoms with Crippen molar-refractivity contribution in [1.82, 2.24) is 4.90 Å². The number of likely N-dealkylation sites (N-methyl/N-ethyl adjacent to an activating group) is 1. The van der Waals surface area contributed by atoms with Crippen LogP contribution in [0.5, 0.6) is 5.75 Å². The van der Waals surface area contributed by atoms with Gasteiger partial charge in [-0.25, -0.2) is 4.79 Å². The van der Waals surface area contributed by atoms with E-state index in [4.69, 9.17) is 15.8 Å². The highest BCUT2D eigenvalue weighted by Gasteiger charge is 2.27. The van der Waals surface area contributed by atoms with Crippen molar-refractivity contribution >= 4 is 33.4 Å². The first kappa shape index (κ1) is 16.6. The third-order valence-electron chi connectivity index (χ3n) is 3.67. The van der Waals surface area contributed by atoms with Crippen LogP contribution in [0.15, 0.2) is 53.4 Å². The Bertz CT molecular complexity index is 851. The Kier molecular flexibility index (Phi) is 4.38. The maximum Gasteiger partial charge on any atom is 0.339 e. The van der Waals surface area contributed by atoms with Crippen LogP contribution in [-0.4, -0.2) is 39.5 Å². The molecular formula is C16H15ClN2O4S. The van der Waals surface area contributed by atoms with E-state index in [1.165, 1.54) is 24.3 Å². The molecule has 1 aliphatic heterocycles. The van der Waals surface area contributed by atoms with E-state index in [0.717, 1.165) is 0 Å². The lowest BCUT2D eigenvalue weighted by atomic mass is 10.3. The second-order valence-corrected chi connectivity index (χ2v) is 7.32. The van der Waals surface area contributed by atoms with Gasteiger partial charge in [-0.1, -0.05) is 11.6 Å². The zero-order valence-corrected chi connectivity index (χ0v) is 14.4. The molecule has 0 radical (unpaired) electrons.